The number of rotatable bonds is 4. The molecule has 0 bridgehead atoms. The maximum absolute atomic E-state index is 13.0. The Kier molecular flexibility index (Phi) is 3.77. The van der Waals surface area contributed by atoms with Crippen LogP contribution in [0.5, 0.6) is 0 Å². The summed E-state index contributed by atoms with van der Waals surface area (Å²) < 4.78 is 28.7. The molecule has 2 fully saturated rings. The van der Waals surface area contributed by atoms with E-state index in [4.69, 9.17) is 0 Å². The number of sulfonamides is 1. The molecule has 0 radical (unpaired) electrons. The summed E-state index contributed by atoms with van der Waals surface area (Å²) >= 11 is 0. The third-order valence-corrected chi connectivity index (χ3v) is 6.76. The molecule has 0 saturated carbocycles. The second kappa shape index (κ2) is 5.29. The van der Waals surface area contributed by atoms with E-state index in [2.05, 4.69) is 5.10 Å². The number of likely N-dealkylation sites (tertiary alicyclic amines) is 1. The van der Waals surface area contributed by atoms with E-state index in [9.17, 15) is 18.3 Å². The van der Waals surface area contributed by atoms with Crippen LogP contribution in [-0.2, 0) is 21.4 Å². The van der Waals surface area contributed by atoms with Crippen LogP contribution in [-0.4, -0.2) is 71.7 Å². The van der Waals surface area contributed by atoms with Crippen molar-refractivity contribution >= 4 is 16.0 Å². The molecule has 2 atom stereocenters. The molecule has 0 spiro atoms. The summed E-state index contributed by atoms with van der Waals surface area (Å²) in [4.78, 5) is 13.8. The van der Waals surface area contributed by atoms with Crippen molar-refractivity contribution in [3.8, 4) is 0 Å². The number of hydrogen-bond donors (Lipinski definition) is 1. The van der Waals surface area contributed by atoms with Crippen LogP contribution in [0.25, 0.3) is 0 Å². The van der Waals surface area contributed by atoms with E-state index < -0.39 is 21.4 Å². The summed E-state index contributed by atoms with van der Waals surface area (Å²) in [5, 5.41) is 14.0. The molecule has 0 unspecified atom stereocenters. The lowest BCUT2D eigenvalue weighted by atomic mass is 9.81. The molecule has 9 heteroatoms. The van der Waals surface area contributed by atoms with Crippen molar-refractivity contribution in [1.29, 1.82) is 0 Å². The third kappa shape index (κ3) is 2.38. The zero-order valence-corrected chi connectivity index (χ0v) is 14.4. The van der Waals surface area contributed by atoms with Crippen molar-refractivity contribution in [1.82, 2.24) is 19.0 Å². The van der Waals surface area contributed by atoms with Crippen LogP contribution in [0.3, 0.4) is 0 Å². The summed E-state index contributed by atoms with van der Waals surface area (Å²) in [5.41, 5.74) is -0.369. The highest BCUT2D eigenvalue weighted by atomic mass is 32.2. The minimum atomic E-state index is -3.74. The van der Waals surface area contributed by atoms with Gasteiger partial charge in [-0.15, -0.1) is 0 Å². The lowest BCUT2D eigenvalue weighted by Crippen LogP contribution is -2.41. The second-order valence-electron chi connectivity index (χ2n) is 6.59. The SMILES string of the molecule is CCn1nc(C)cc1S(=O)(=O)N1C[C@@H]2CN(C)C[C@]2(C(=O)O)C1. The maximum Gasteiger partial charge on any atom is 0.312 e. The first-order chi connectivity index (χ1) is 10.7. The molecule has 3 rings (SSSR count). The monoisotopic (exact) mass is 342 g/mol. The highest BCUT2D eigenvalue weighted by Crippen LogP contribution is 2.44. The Morgan fingerprint density at radius 1 is 1.43 bits per heavy atom. The Balaban J connectivity index is 1.96. The van der Waals surface area contributed by atoms with Crippen molar-refractivity contribution in [2.45, 2.75) is 25.4 Å². The molecule has 2 aliphatic rings. The van der Waals surface area contributed by atoms with Gasteiger partial charge in [-0.05, 0) is 27.0 Å². The molecule has 0 amide bonds. The van der Waals surface area contributed by atoms with Crippen LogP contribution < -0.4 is 0 Å². The minimum Gasteiger partial charge on any atom is -0.481 e. The minimum absolute atomic E-state index is 0.0214. The number of aromatic nitrogens is 2. The number of fused-ring (bicyclic) bond motifs is 1. The van der Waals surface area contributed by atoms with Gasteiger partial charge in [0.25, 0.3) is 10.0 Å². The summed E-state index contributed by atoms with van der Waals surface area (Å²) in [7, 11) is -1.87. The average molecular weight is 342 g/mol. The van der Waals surface area contributed by atoms with Gasteiger partial charge in [-0.2, -0.15) is 9.40 Å². The average Bonchev–Trinajstić information content (AvgIpc) is 3.08. The molecule has 128 valence electrons. The third-order valence-electron chi connectivity index (χ3n) is 4.94. The van der Waals surface area contributed by atoms with Gasteiger partial charge in [0.15, 0.2) is 5.03 Å². The number of aliphatic carboxylic acids is 1. The number of aryl methyl sites for hydroxylation is 2. The van der Waals surface area contributed by atoms with Gasteiger partial charge in [0.05, 0.1) is 11.1 Å². The largest absolute Gasteiger partial charge is 0.481 e. The first kappa shape index (κ1) is 16.4. The number of carbonyl (C=O) groups is 1. The van der Waals surface area contributed by atoms with Crippen molar-refractivity contribution < 1.29 is 18.3 Å². The fourth-order valence-electron chi connectivity index (χ4n) is 3.84. The topological polar surface area (TPSA) is 95.7 Å². The first-order valence-electron chi connectivity index (χ1n) is 7.67. The van der Waals surface area contributed by atoms with E-state index in [0.717, 1.165) is 0 Å². The predicted molar refractivity (Wildman–Crippen MR) is 82.5 cm³/mol. The van der Waals surface area contributed by atoms with E-state index in [1.54, 1.807) is 13.0 Å². The second-order valence-corrected chi connectivity index (χ2v) is 8.48. The molecule has 8 nitrogen and oxygen atoms in total. The summed E-state index contributed by atoms with van der Waals surface area (Å²) in [6, 6.07) is 1.55. The smallest absolute Gasteiger partial charge is 0.312 e. The number of carboxylic acids is 1. The molecule has 23 heavy (non-hydrogen) atoms. The summed E-state index contributed by atoms with van der Waals surface area (Å²) in [6.45, 7) is 5.28. The van der Waals surface area contributed by atoms with Gasteiger partial charge in [0.1, 0.15) is 0 Å². The Morgan fingerprint density at radius 3 is 2.70 bits per heavy atom. The molecule has 0 aromatic carbocycles. The van der Waals surface area contributed by atoms with E-state index >= 15 is 0 Å². The molecule has 3 heterocycles. The van der Waals surface area contributed by atoms with Gasteiger partial charge in [-0.25, -0.2) is 8.42 Å². The molecule has 1 aromatic rings. The van der Waals surface area contributed by atoms with Crippen LogP contribution in [0.15, 0.2) is 11.1 Å². The molecular weight excluding hydrogens is 320 g/mol. The summed E-state index contributed by atoms with van der Waals surface area (Å²) in [6.07, 6.45) is 0. The molecular formula is C14H22N4O4S. The van der Waals surface area contributed by atoms with E-state index in [1.165, 1.54) is 8.99 Å². The highest BCUT2D eigenvalue weighted by Gasteiger charge is 2.59. The Bertz CT molecular complexity index is 744. The van der Waals surface area contributed by atoms with Gasteiger partial charge in [0.2, 0.25) is 0 Å². The van der Waals surface area contributed by atoms with Gasteiger partial charge >= 0.3 is 5.97 Å². The Hall–Kier alpha value is -1.45. The van der Waals surface area contributed by atoms with Crippen LogP contribution in [0.2, 0.25) is 0 Å². The fraction of sp³-hybridized carbons (Fsp3) is 0.714. The van der Waals surface area contributed by atoms with Gasteiger partial charge in [0, 0.05) is 38.6 Å². The molecule has 1 N–H and O–H groups in total. The molecule has 2 aliphatic heterocycles. The quantitative estimate of drug-likeness (QED) is 0.817. The first-order valence-corrected chi connectivity index (χ1v) is 9.11. The van der Waals surface area contributed by atoms with Crippen LogP contribution in [0.4, 0.5) is 0 Å². The Morgan fingerprint density at radius 2 is 2.13 bits per heavy atom. The van der Waals surface area contributed by atoms with Crippen LogP contribution in [0.1, 0.15) is 12.6 Å². The van der Waals surface area contributed by atoms with Crippen molar-refractivity contribution in [2.75, 3.05) is 33.2 Å². The van der Waals surface area contributed by atoms with E-state index in [-0.39, 0.29) is 24.0 Å². The van der Waals surface area contributed by atoms with Crippen molar-refractivity contribution in [3.63, 3.8) is 0 Å². The van der Waals surface area contributed by atoms with Gasteiger partial charge in [-0.1, -0.05) is 0 Å². The number of hydrogen-bond acceptors (Lipinski definition) is 5. The normalized spacial score (nSPS) is 29.1. The molecule has 1 aromatic heterocycles. The van der Waals surface area contributed by atoms with Gasteiger partial charge < -0.3 is 10.0 Å². The Labute approximate surface area is 135 Å². The number of carboxylic acid groups (broad SMARTS) is 1. The fourth-order valence-corrected chi connectivity index (χ4v) is 5.64. The predicted octanol–water partition coefficient (Wildman–Crippen LogP) is -0.152. The maximum atomic E-state index is 13.0. The molecule has 0 aliphatic carbocycles. The van der Waals surface area contributed by atoms with Crippen molar-refractivity contribution in [2.24, 2.45) is 11.3 Å². The number of nitrogens with zero attached hydrogens (tertiary/aromatic N) is 4. The van der Waals surface area contributed by atoms with Gasteiger partial charge in [-0.3, -0.25) is 9.48 Å². The van der Waals surface area contributed by atoms with Crippen LogP contribution >= 0.6 is 0 Å². The standard InChI is InChI=1S/C14H22N4O4S/c1-4-18-12(5-10(2)15-18)23(21,22)17-7-11-6-16(3)8-14(11,9-17)13(19)20/h5,11H,4,6-9H2,1-3H3,(H,19,20)/t11-,14-/m0/s1. The molecule has 2 saturated heterocycles. The zero-order chi connectivity index (χ0) is 17.0. The zero-order valence-electron chi connectivity index (χ0n) is 13.6. The highest BCUT2D eigenvalue weighted by molar-refractivity contribution is 7.89. The van der Waals surface area contributed by atoms with Crippen LogP contribution in [0, 0.1) is 18.3 Å². The lowest BCUT2D eigenvalue weighted by molar-refractivity contribution is -0.148. The van der Waals surface area contributed by atoms with Crippen molar-refractivity contribution in [3.05, 3.63) is 11.8 Å². The van der Waals surface area contributed by atoms with E-state index in [1.807, 2.05) is 18.9 Å². The summed E-state index contributed by atoms with van der Waals surface area (Å²) in [5.74, 6) is -1.09. The van der Waals surface area contributed by atoms with E-state index in [0.29, 0.717) is 25.3 Å². The lowest BCUT2D eigenvalue weighted by Gasteiger charge is -2.24.